The molecule has 2 saturated heterocycles. The summed E-state index contributed by atoms with van der Waals surface area (Å²) in [4.78, 5) is 14.4. The predicted octanol–water partition coefficient (Wildman–Crippen LogP) is 5.02. The number of piperidine rings is 1. The highest BCUT2D eigenvalue weighted by Gasteiger charge is 2.50. The van der Waals surface area contributed by atoms with Crippen LogP contribution in [0.15, 0.2) is 42.5 Å². The Labute approximate surface area is 220 Å². The number of hydrogen-bond donors (Lipinski definition) is 1. The maximum absolute atomic E-state index is 13.7. The number of alkyl halides is 6. The fourth-order valence-electron chi connectivity index (χ4n) is 5.34. The van der Waals surface area contributed by atoms with Crippen molar-refractivity contribution < 1.29 is 48.7 Å². The average molecular weight is 583 g/mol. The predicted molar refractivity (Wildman–Crippen MR) is 125 cm³/mol. The zero-order valence-corrected chi connectivity index (χ0v) is 21.5. The number of halogens is 7. The zero-order chi connectivity index (χ0) is 28.9. The highest BCUT2D eigenvalue weighted by Crippen LogP contribution is 2.44. The fraction of sp³-hybridized carbons (Fsp3) is 0.480. The minimum absolute atomic E-state index is 0.0287. The Bertz CT molecular complexity index is 1300. The van der Waals surface area contributed by atoms with E-state index in [2.05, 4.69) is 4.72 Å². The van der Waals surface area contributed by atoms with E-state index in [1.807, 2.05) is 0 Å². The largest absolute Gasteiger partial charge is 0.416 e. The summed E-state index contributed by atoms with van der Waals surface area (Å²) in [5.41, 5.74) is -2.80. The lowest BCUT2D eigenvalue weighted by atomic mass is 9.84. The van der Waals surface area contributed by atoms with Crippen LogP contribution in [0, 0.1) is 5.82 Å². The third kappa shape index (κ3) is 6.72. The maximum atomic E-state index is 13.7. The number of nitrogens with one attached hydrogen (secondary N) is 1. The van der Waals surface area contributed by atoms with Crippen molar-refractivity contribution in [3.05, 3.63) is 70.5 Å². The molecule has 2 aromatic rings. The minimum Gasteiger partial charge on any atom is -0.368 e. The molecule has 14 heteroatoms. The molecule has 0 spiro atoms. The lowest BCUT2D eigenvalue weighted by Crippen LogP contribution is -2.51. The van der Waals surface area contributed by atoms with Gasteiger partial charge < -0.3 is 9.64 Å². The van der Waals surface area contributed by atoms with Gasteiger partial charge in [-0.05, 0) is 54.8 Å². The Morgan fingerprint density at radius 3 is 2.08 bits per heavy atom. The molecule has 2 heterocycles. The van der Waals surface area contributed by atoms with E-state index in [0.717, 1.165) is 6.26 Å². The van der Waals surface area contributed by atoms with Gasteiger partial charge >= 0.3 is 12.4 Å². The number of rotatable bonds is 6. The summed E-state index contributed by atoms with van der Waals surface area (Å²) >= 11 is 0. The van der Waals surface area contributed by atoms with E-state index in [1.165, 1.54) is 36.1 Å². The van der Waals surface area contributed by atoms with Crippen molar-refractivity contribution in [1.82, 2.24) is 9.62 Å². The molecule has 4 rings (SSSR count). The molecule has 6 nitrogen and oxygen atoms in total. The van der Waals surface area contributed by atoms with Crippen LogP contribution in [0.1, 0.15) is 54.0 Å². The minimum atomic E-state index is -5.03. The Morgan fingerprint density at radius 2 is 1.56 bits per heavy atom. The van der Waals surface area contributed by atoms with Gasteiger partial charge in [0.1, 0.15) is 5.82 Å². The molecule has 214 valence electrons. The first kappa shape index (κ1) is 29.3. The Morgan fingerprint density at radius 1 is 1.00 bits per heavy atom. The van der Waals surface area contributed by atoms with Crippen molar-refractivity contribution in [2.24, 2.45) is 0 Å². The molecule has 0 saturated carbocycles. The molecule has 2 aliphatic rings. The number of carbonyl (C=O) groups is 1. The highest BCUT2D eigenvalue weighted by atomic mass is 32.2. The third-order valence-electron chi connectivity index (χ3n) is 6.95. The van der Waals surface area contributed by atoms with Gasteiger partial charge in [0.2, 0.25) is 15.9 Å². The van der Waals surface area contributed by atoms with Crippen molar-refractivity contribution in [2.45, 2.75) is 62.3 Å². The second-order valence-electron chi connectivity index (χ2n) is 9.87. The van der Waals surface area contributed by atoms with Gasteiger partial charge in [-0.25, -0.2) is 17.5 Å². The van der Waals surface area contributed by atoms with Crippen LogP contribution < -0.4 is 4.72 Å². The molecule has 2 aromatic carbocycles. The highest BCUT2D eigenvalue weighted by molar-refractivity contribution is 7.88. The zero-order valence-electron chi connectivity index (χ0n) is 20.7. The molecule has 3 unspecified atom stereocenters. The van der Waals surface area contributed by atoms with E-state index in [4.69, 9.17) is 4.74 Å². The van der Waals surface area contributed by atoms with Gasteiger partial charge in [0.25, 0.3) is 0 Å². The Balaban J connectivity index is 1.69. The molecular formula is C25H25F7N2O4S. The van der Waals surface area contributed by atoms with Crippen molar-refractivity contribution in [3.8, 4) is 0 Å². The molecule has 0 aliphatic carbocycles. The summed E-state index contributed by atoms with van der Waals surface area (Å²) in [6.45, 7) is 1.27. The van der Waals surface area contributed by atoms with Gasteiger partial charge in [-0.15, -0.1) is 0 Å². The fourth-order valence-corrected chi connectivity index (χ4v) is 6.13. The van der Waals surface area contributed by atoms with Crippen LogP contribution in [0.4, 0.5) is 30.7 Å². The lowest BCUT2D eigenvalue weighted by molar-refractivity contribution is -0.143. The summed E-state index contributed by atoms with van der Waals surface area (Å²) < 4.78 is 126. The normalized spacial score (nSPS) is 25.1. The summed E-state index contributed by atoms with van der Waals surface area (Å²) in [7, 11) is -3.65. The quantitative estimate of drug-likeness (QED) is 0.486. The van der Waals surface area contributed by atoms with E-state index < -0.39 is 75.4 Å². The summed E-state index contributed by atoms with van der Waals surface area (Å²) in [5.74, 6) is -1.59. The van der Waals surface area contributed by atoms with Crippen molar-refractivity contribution in [3.63, 3.8) is 0 Å². The van der Waals surface area contributed by atoms with Crippen LogP contribution >= 0.6 is 0 Å². The van der Waals surface area contributed by atoms with Crippen LogP contribution in [-0.4, -0.2) is 50.2 Å². The molecular weight excluding hydrogens is 557 g/mol. The van der Waals surface area contributed by atoms with Gasteiger partial charge in [-0.3, -0.25) is 4.79 Å². The number of ether oxygens (including phenoxy) is 1. The first-order chi connectivity index (χ1) is 17.9. The first-order valence-electron chi connectivity index (χ1n) is 11.9. The molecule has 1 amide bonds. The van der Waals surface area contributed by atoms with Crippen LogP contribution in [0.25, 0.3) is 0 Å². The lowest BCUT2D eigenvalue weighted by Gasteiger charge is -2.37. The number of nitrogens with zero attached hydrogens (tertiary/aromatic N) is 1. The number of amides is 1. The number of hydrogen-bond acceptors (Lipinski definition) is 4. The van der Waals surface area contributed by atoms with Crippen LogP contribution in [-0.2, 0) is 31.9 Å². The van der Waals surface area contributed by atoms with E-state index in [1.54, 1.807) is 0 Å². The van der Waals surface area contributed by atoms with Crippen LogP contribution in [0.5, 0.6) is 0 Å². The van der Waals surface area contributed by atoms with Crippen molar-refractivity contribution >= 4 is 15.9 Å². The molecule has 0 bridgehead atoms. The Hall–Kier alpha value is -2.71. The van der Waals surface area contributed by atoms with E-state index in [0.29, 0.717) is 17.7 Å². The molecule has 2 aliphatic heterocycles. The summed E-state index contributed by atoms with van der Waals surface area (Å²) in [6, 6.07) is 5.13. The number of sulfonamides is 1. The summed E-state index contributed by atoms with van der Waals surface area (Å²) in [5, 5.41) is 0. The maximum Gasteiger partial charge on any atom is 0.416 e. The summed E-state index contributed by atoms with van der Waals surface area (Å²) in [6.07, 6.45) is -11.2. The van der Waals surface area contributed by atoms with Crippen LogP contribution in [0.2, 0.25) is 0 Å². The monoisotopic (exact) mass is 582 g/mol. The molecule has 1 N–H and O–H groups in total. The number of benzene rings is 2. The third-order valence-corrected chi connectivity index (χ3v) is 7.71. The smallest absolute Gasteiger partial charge is 0.368 e. The number of carbonyl (C=O) groups excluding carboxylic acids is 1. The molecule has 5 atom stereocenters. The number of fused-ring (bicyclic) bond motifs is 1. The standard InChI is InChI=1S/C25H25F7N2O4S/c1-13(15-7-16(24(27,28)29)9-17(8-15)25(30,31)32)38-21-12-34-20(23(21)14-3-5-18(26)6-4-14)10-19(11-22(34)35)33-39(2,36)37/h3-9,13,19-21,23,33H,10-12H2,1-2H3/t13-,19?,20?,21+,23?/m1/s1. The van der Waals surface area contributed by atoms with E-state index >= 15 is 0 Å². The molecule has 2 fully saturated rings. The van der Waals surface area contributed by atoms with E-state index in [9.17, 15) is 43.9 Å². The molecule has 0 aromatic heterocycles. The second kappa shape index (κ2) is 10.4. The van der Waals surface area contributed by atoms with Crippen molar-refractivity contribution in [1.29, 1.82) is 0 Å². The average Bonchev–Trinajstić information content (AvgIpc) is 3.15. The van der Waals surface area contributed by atoms with E-state index in [-0.39, 0.29) is 31.0 Å². The topological polar surface area (TPSA) is 75.7 Å². The van der Waals surface area contributed by atoms with Gasteiger partial charge in [-0.1, -0.05) is 12.1 Å². The molecule has 0 radical (unpaired) electrons. The Kier molecular flexibility index (Phi) is 7.78. The van der Waals surface area contributed by atoms with Gasteiger partial charge in [-0.2, -0.15) is 26.3 Å². The van der Waals surface area contributed by atoms with Crippen LogP contribution in [0.3, 0.4) is 0 Å². The van der Waals surface area contributed by atoms with Gasteiger partial charge in [0.05, 0.1) is 29.6 Å². The first-order valence-corrected chi connectivity index (χ1v) is 13.8. The SMILES string of the molecule is C[C@@H](O[C@H]1CN2C(=O)CC(NS(C)(=O)=O)CC2C1c1ccc(F)cc1)c1cc(C(F)(F)F)cc(C(F)(F)F)c1. The van der Waals surface area contributed by atoms with Crippen molar-refractivity contribution in [2.75, 3.05) is 12.8 Å². The molecule has 39 heavy (non-hydrogen) atoms. The van der Waals surface area contributed by atoms with Gasteiger partial charge in [0, 0.05) is 31.0 Å². The second-order valence-corrected chi connectivity index (χ2v) is 11.7. The van der Waals surface area contributed by atoms with Gasteiger partial charge in [0.15, 0.2) is 0 Å².